The molecule has 0 bridgehead atoms. The van der Waals surface area contributed by atoms with Gasteiger partial charge < -0.3 is 9.47 Å². The smallest absolute Gasteiger partial charge is 0.323 e. The van der Waals surface area contributed by atoms with E-state index in [1.807, 2.05) is 4.90 Å². The highest BCUT2D eigenvalue weighted by Crippen LogP contribution is 2.11. The maximum absolute atomic E-state index is 11.8. The first-order valence-corrected chi connectivity index (χ1v) is 6.39. The molecule has 0 N–H and O–H groups in total. The van der Waals surface area contributed by atoms with Gasteiger partial charge in [-0.15, -0.1) is 0 Å². The minimum atomic E-state index is -0.265. The lowest BCUT2D eigenvalue weighted by atomic mass is 10.1. The zero-order valence-electron chi connectivity index (χ0n) is 11.6. The first kappa shape index (κ1) is 16.9. The van der Waals surface area contributed by atoms with Gasteiger partial charge in [0.1, 0.15) is 6.04 Å². The number of esters is 1. The molecular formula is C13H24N2O3. The second-order valence-electron chi connectivity index (χ2n) is 4.12. The first-order chi connectivity index (χ1) is 8.71. The van der Waals surface area contributed by atoms with Crippen LogP contribution in [0.25, 0.3) is 0 Å². The minimum Gasteiger partial charge on any atom is -0.468 e. The lowest BCUT2D eigenvalue weighted by molar-refractivity contribution is -0.147. The van der Waals surface area contributed by atoms with E-state index in [2.05, 4.69) is 13.0 Å². The van der Waals surface area contributed by atoms with Crippen LogP contribution in [0.15, 0.2) is 0 Å². The van der Waals surface area contributed by atoms with Crippen molar-refractivity contribution in [1.82, 2.24) is 4.90 Å². The van der Waals surface area contributed by atoms with Gasteiger partial charge in [0.2, 0.25) is 0 Å². The lowest BCUT2D eigenvalue weighted by Gasteiger charge is -2.28. The summed E-state index contributed by atoms with van der Waals surface area (Å²) < 4.78 is 9.89. The highest BCUT2D eigenvalue weighted by molar-refractivity contribution is 5.75. The number of nitrogens with zero attached hydrogens (tertiary/aromatic N) is 2. The fourth-order valence-electron chi connectivity index (χ4n) is 1.81. The number of ether oxygens (including phenoxy) is 2. The van der Waals surface area contributed by atoms with E-state index in [9.17, 15) is 4.79 Å². The number of hydrogen-bond acceptors (Lipinski definition) is 5. The molecule has 5 heteroatoms. The van der Waals surface area contributed by atoms with Crippen molar-refractivity contribution in [3.05, 3.63) is 0 Å². The number of hydrogen-bond donors (Lipinski definition) is 0. The average molecular weight is 256 g/mol. The van der Waals surface area contributed by atoms with Crippen molar-refractivity contribution in [3.8, 4) is 6.07 Å². The Morgan fingerprint density at radius 2 is 2.11 bits per heavy atom. The lowest BCUT2D eigenvalue weighted by Crippen LogP contribution is -2.44. The van der Waals surface area contributed by atoms with E-state index >= 15 is 0 Å². The molecule has 5 nitrogen and oxygen atoms in total. The third kappa shape index (κ3) is 6.58. The fourth-order valence-corrected chi connectivity index (χ4v) is 1.81. The van der Waals surface area contributed by atoms with Crippen molar-refractivity contribution >= 4 is 5.97 Å². The van der Waals surface area contributed by atoms with Crippen molar-refractivity contribution in [2.24, 2.45) is 0 Å². The van der Waals surface area contributed by atoms with Gasteiger partial charge in [-0.25, -0.2) is 0 Å². The monoisotopic (exact) mass is 256 g/mol. The van der Waals surface area contributed by atoms with Crippen LogP contribution < -0.4 is 0 Å². The molecule has 0 aliphatic rings. The van der Waals surface area contributed by atoms with Crippen LogP contribution >= 0.6 is 0 Å². The summed E-state index contributed by atoms with van der Waals surface area (Å²) in [5, 5.41) is 8.67. The Kier molecular flexibility index (Phi) is 10.3. The van der Waals surface area contributed by atoms with Crippen LogP contribution in [0, 0.1) is 11.3 Å². The summed E-state index contributed by atoms with van der Waals surface area (Å²) in [6.07, 6.45) is 3.17. The van der Waals surface area contributed by atoms with Crippen LogP contribution in [0.1, 0.15) is 32.6 Å². The van der Waals surface area contributed by atoms with E-state index in [4.69, 9.17) is 14.7 Å². The van der Waals surface area contributed by atoms with Crippen molar-refractivity contribution in [3.63, 3.8) is 0 Å². The molecule has 0 aliphatic heterocycles. The number of rotatable bonds is 10. The van der Waals surface area contributed by atoms with Crippen LogP contribution in [-0.4, -0.2) is 50.8 Å². The molecule has 0 saturated heterocycles. The summed E-state index contributed by atoms with van der Waals surface area (Å²) >= 11 is 0. The normalized spacial score (nSPS) is 12.2. The largest absolute Gasteiger partial charge is 0.468 e. The van der Waals surface area contributed by atoms with Crippen molar-refractivity contribution in [2.45, 2.75) is 38.6 Å². The van der Waals surface area contributed by atoms with E-state index < -0.39 is 0 Å². The van der Waals surface area contributed by atoms with Crippen LogP contribution in [-0.2, 0) is 14.3 Å². The summed E-state index contributed by atoms with van der Waals surface area (Å²) in [7, 11) is 3.03. The fraction of sp³-hybridized carbons (Fsp3) is 0.846. The molecule has 1 atom stereocenters. The third-order valence-electron chi connectivity index (χ3n) is 2.84. The minimum absolute atomic E-state index is 0.225. The maximum atomic E-state index is 11.8. The molecule has 1 unspecified atom stereocenters. The Morgan fingerprint density at radius 1 is 1.39 bits per heavy atom. The van der Waals surface area contributed by atoms with Crippen LogP contribution in [0.2, 0.25) is 0 Å². The molecule has 18 heavy (non-hydrogen) atoms. The topological polar surface area (TPSA) is 62.6 Å². The maximum Gasteiger partial charge on any atom is 0.323 e. The Balaban J connectivity index is 4.59. The van der Waals surface area contributed by atoms with Gasteiger partial charge in [-0.2, -0.15) is 5.26 Å². The van der Waals surface area contributed by atoms with Crippen molar-refractivity contribution < 1.29 is 14.3 Å². The molecule has 0 aromatic carbocycles. The van der Waals surface area contributed by atoms with Gasteiger partial charge in [-0.1, -0.05) is 19.8 Å². The molecule has 0 aromatic heterocycles. The van der Waals surface area contributed by atoms with Crippen LogP contribution in [0.4, 0.5) is 0 Å². The second kappa shape index (κ2) is 11.0. The van der Waals surface area contributed by atoms with E-state index in [-0.39, 0.29) is 12.0 Å². The Hall–Kier alpha value is -1.12. The van der Waals surface area contributed by atoms with Gasteiger partial charge in [0, 0.05) is 26.6 Å². The number of unbranched alkanes of at least 4 members (excludes halogenated alkanes) is 1. The predicted molar refractivity (Wildman–Crippen MR) is 69.0 cm³/mol. The van der Waals surface area contributed by atoms with E-state index in [0.717, 1.165) is 19.3 Å². The van der Waals surface area contributed by atoms with Crippen molar-refractivity contribution in [1.29, 1.82) is 5.26 Å². The summed E-state index contributed by atoms with van der Waals surface area (Å²) in [5.74, 6) is -0.225. The molecule has 0 saturated carbocycles. The molecule has 0 aliphatic carbocycles. The molecule has 0 radical (unpaired) electrons. The number of methoxy groups -OCH3 is 2. The quantitative estimate of drug-likeness (QED) is 0.555. The molecule has 0 rings (SSSR count). The zero-order chi connectivity index (χ0) is 13.8. The molecule has 104 valence electrons. The van der Waals surface area contributed by atoms with Gasteiger partial charge in [-0.3, -0.25) is 9.69 Å². The Morgan fingerprint density at radius 3 is 2.61 bits per heavy atom. The highest BCUT2D eigenvalue weighted by Gasteiger charge is 2.25. The number of nitriles is 1. The summed E-state index contributed by atoms with van der Waals surface area (Å²) in [6, 6.07) is 1.84. The molecule has 0 fully saturated rings. The van der Waals surface area contributed by atoms with Gasteiger partial charge in [-0.05, 0) is 6.42 Å². The predicted octanol–water partition coefficient (Wildman–Crippen LogP) is 1.58. The average Bonchev–Trinajstić information content (AvgIpc) is 2.40. The number of carbonyl (C=O) groups excluding carboxylic acids is 1. The molecule has 0 heterocycles. The van der Waals surface area contributed by atoms with Crippen LogP contribution in [0.3, 0.4) is 0 Å². The Bertz CT molecular complexity index is 263. The second-order valence-corrected chi connectivity index (χ2v) is 4.12. The molecule has 0 aromatic rings. The van der Waals surface area contributed by atoms with E-state index in [1.54, 1.807) is 7.11 Å². The number of carbonyl (C=O) groups is 1. The summed E-state index contributed by atoms with van der Waals surface area (Å²) in [4.78, 5) is 13.8. The molecule has 0 spiro atoms. The highest BCUT2D eigenvalue weighted by atomic mass is 16.5. The van der Waals surface area contributed by atoms with E-state index in [0.29, 0.717) is 26.1 Å². The zero-order valence-corrected chi connectivity index (χ0v) is 11.6. The standard InChI is InChI=1S/C13H24N2O3/c1-4-5-7-12(13(16)18-3)15(9-6-8-14)10-11-17-2/h12H,4-7,9-11H2,1-3H3. The SMILES string of the molecule is CCCCC(C(=O)OC)N(CCC#N)CCOC. The van der Waals surface area contributed by atoms with Gasteiger partial charge >= 0.3 is 5.97 Å². The Labute approximate surface area is 110 Å². The van der Waals surface area contributed by atoms with E-state index in [1.165, 1.54) is 7.11 Å². The third-order valence-corrected chi connectivity index (χ3v) is 2.84. The van der Waals surface area contributed by atoms with Gasteiger partial charge in [0.25, 0.3) is 0 Å². The van der Waals surface area contributed by atoms with Crippen molar-refractivity contribution in [2.75, 3.05) is 33.9 Å². The molecular weight excluding hydrogens is 232 g/mol. The van der Waals surface area contributed by atoms with Gasteiger partial charge in [0.15, 0.2) is 0 Å². The van der Waals surface area contributed by atoms with Gasteiger partial charge in [0.05, 0.1) is 19.8 Å². The molecule has 0 amide bonds. The summed E-state index contributed by atoms with van der Waals surface area (Å²) in [6.45, 7) is 3.85. The summed E-state index contributed by atoms with van der Waals surface area (Å²) in [5.41, 5.74) is 0. The van der Waals surface area contributed by atoms with Crippen LogP contribution in [0.5, 0.6) is 0 Å². The first-order valence-electron chi connectivity index (χ1n) is 6.39.